The molecule has 5 nitrogen and oxygen atoms in total. The predicted octanol–water partition coefficient (Wildman–Crippen LogP) is 3.58. The van der Waals surface area contributed by atoms with Gasteiger partial charge in [-0.05, 0) is 27.2 Å². The van der Waals surface area contributed by atoms with Crippen LogP contribution in [0.25, 0.3) is 0 Å². The van der Waals surface area contributed by atoms with Gasteiger partial charge in [-0.2, -0.15) is 5.10 Å². The van der Waals surface area contributed by atoms with Crippen LogP contribution in [-0.2, 0) is 23.3 Å². The minimum absolute atomic E-state index is 0.0441. The minimum atomic E-state index is -0.0441. The number of rotatable bonds is 5. The molecule has 2 heterocycles. The van der Waals surface area contributed by atoms with Gasteiger partial charge in [-0.3, -0.25) is 14.3 Å². The van der Waals surface area contributed by atoms with Gasteiger partial charge in [0.25, 0.3) is 0 Å². The van der Waals surface area contributed by atoms with Gasteiger partial charge in [-0.15, -0.1) is 0 Å². The summed E-state index contributed by atoms with van der Waals surface area (Å²) in [6.45, 7) is 7.77. The van der Waals surface area contributed by atoms with Gasteiger partial charge in [-0.1, -0.05) is 30.3 Å². The number of aromatic nitrogens is 2. The molecule has 2 aromatic rings. The monoisotopic (exact) mass is 353 g/mol. The molecule has 0 saturated carbocycles. The van der Waals surface area contributed by atoms with Gasteiger partial charge in [-0.25, -0.2) is 0 Å². The maximum atomic E-state index is 12.5. The molecule has 1 aliphatic rings. The first-order valence-electron chi connectivity index (χ1n) is 9.28. The van der Waals surface area contributed by atoms with E-state index in [0.29, 0.717) is 25.8 Å². The quantitative estimate of drug-likeness (QED) is 0.772. The van der Waals surface area contributed by atoms with E-state index in [0.717, 1.165) is 24.1 Å². The lowest BCUT2D eigenvalue weighted by atomic mass is 10.0. The highest BCUT2D eigenvalue weighted by atomic mass is 16.2. The van der Waals surface area contributed by atoms with Crippen molar-refractivity contribution in [2.45, 2.75) is 58.5 Å². The summed E-state index contributed by atoms with van der Waals surface area (Å²) in [4.78, 5) is 26.5. The van der Waals surface area contributed by atoms with Gasteiger partial charge >= 0.3 is 0 Å². The molecule has 0 fully saturated rings. The maximum Gasteiger partial charge on any atom is 0.222 e. The van der Waals surface area contributed by atoms with E-state index < -0.39 is 0 Å². The highest BCUT2D eigenvalue weighted by molar-refractivity contribution is 5.96. The van der Waals surface area contributed by atoms with E-state index in [2.05, 4.69) is 30.6 Å². The molecule has 1 aliphatic heterocycles. The normalized spacial score (nSPS) is 14.2. The van der Waals surface area contributed by atoms with Crippen molar-refractivity contribution in [2.24, 2.45) is 0 Å². The van der Waals surface area contributed by atoms with Crippen molar-refractivity contribution in [1.82, 2.24) is 14.7 Å². The second-order valence-electron chi connectivity index (χ2n) is 7.91. The molecule has 0 N–H and O–H groups in total. The number of Topliss-reactive ketones (excluding diaryl/α,β-unsaturated/α-hetero) is 1. The van der Waals surface area contributed by atoms with Crippen LogP contribution in [0.1, 0.15) is 61.6 Å². The number of nitrogens with zero attached hydrogens (tertiary/aromatic N) is 3. The summed E-state index contributed by atoms with van der Waals surface area (Å²) in [6.07, 6.45) is 4.15. The minimum Gasteiger partial charge on any atom is -0.338 e. The van der Waals surface area contributed by atoms with E-state index in [-0.39, 0.29) is 17.2 Å². The number of carbonyl (C=O) groups excluding carboxylic acids is 2. The Morgan fingerprint density at radius 1 is 1.12 bits per heavy atom. The van der Waals surface area contributed by atoms with Crippen LogP contribution in [0, 0.1) is 0 Å². The Bertz CT molecular complexity index is 787. The summed E-state index contributed by atoms with van der Waals surface area (Å²) in [5.74, 6) is 0.228. The molecule has 0 radical (unpaired) electrons. The Morgan fingerprint density at radius 2 is 1.85 bits per heavy atom. The lowest BCUT2D eigenvalue weighted by Gasteiger charge is -2.30. The smallest absolute Gasteiger partial charge is 0.222 e. The van der Waals surface area contributed by atoms with Gasteiger partial charge in [0.05, 0.1) is 11.7 Å². The zero-order valence-electron chi connectivity index (χ0n) is 15.9. The van der Waals surface area contributed by atoms with E-state index in [1.807, 2.05) is 41.4 Å². The van der Waals surface area contributed by atoms with E-state index in [1.165, 1.54) is 5.69 Å². The molecule has 0 atom stereocenters. The Morgan fingerprint density at radius 3 is 2.54 bits per heavy atom. The average molecular weight is 353 g/mol. The summed E-state index contributed by atoms with van der Waals surface area (Å²) in [6, 6.07) is 9.27. The van der Waals surface area contributed by atoms with Crippen LogP contribution < -0.4 is 0 Å². The molecular formula is C21H27N3O2. The van der Waals surface area contributed by atoms with Crippen LogP contribution >= 0.6 is 0 Å². The van der Waals surface area contributed by atoms with Crippen LogP contribution in [0.2, 0.25) is 0 Å². The molecule has 1 amide bonds. The third-order valence-electron chi connectivity index (χ3n) is 4.81. The fourth-order valence-corrected chi connectivity index (χ4v) is 3.45. The summed E-state index contributed by atoms with van der Waals surface area (Å²) >= 11 is 0. The first kappa shape index (κ1) is 18.4. The molecule has 1 aromatic heterocycles. The van der Waals surface area contributed by atoms with Crippen LogP contribution in [-0.4, -0.2) is 32.9 Å². The predicted molar refractivity (Wildman–Crippen MR) is 101 cm³/mol. The number of fused-ring (bicyclic) bond motifs is 1. The lowest BCUT2D eigenvalue weighted by Crippen LogP contribution is -2.37. The van der Waals surface area contributed by atoms with E-state index in [4.69, 9.17) is 0 Å². The highest BCUT2D eigenvalue weighted by Crippen LogP contribution is 2.24. The Labute approximate surface area is 155 Å². The summed E-state index contributed by atoms with van der Waals surface area (Å²) in [7, 11) is 0. The van der Waals surface area contributed by atoms with Gasteiger partial charge in [0.1, 0.15) is 0 Å². The first-order valence-corrected chi connectivity index (χ1v) is 9.28. The van der Waals surface area contributed by atoms with Crippen LogP contribution in [0.4, 0.5) is 0 Å². The summed E-state index contributed by atoms with van der Waals surface area (Å²) < 4.78 is 2.07. The number of benzene rings is 1. The Balaban J connectivity index is 1.52. The molecule has 1 aromatic carbocycles. The third-order valence-corrected chi connectivity index (χ3v) is 4.81. The molecule has 26 heavy (non-hydrogen) atoms. The van der Waals surface area contributed by atoms with E-state index in [9.17, 15) is 9.59 Å². The molecule has 5 heteroatoms. The van der Waals surface area contributed by atoms with Crippen molar-refractivity contribution in [2.75, 3.05) is 6.54 Å². The molecule has 3 rings (SSSR count). The topological polar surface area (TPSA) is 55.2 Å². The molecule has 0 aliphatic carbocycles. The number of carbonyl (C=O) groups is 2. The maximum absolute atomic E-state index is 12.5. The zero-order chi connectivity index (χ0) is 18.7. The van der Waals surface area contributed by atoms with Crippen molar-refractivity contribution < 1.29 is 9.59 Å². The van der Waals surface area contributed by atoms with Crippen molar-refractivity contribution >= 4 is 11.7 Å². The fraction of sp³-hybridized carbons (Fsp3) is 0.476. The molecule has 0 saturated heterocycles. The standard InChI is InChI=1S/C21H27N3O2/c1-21(2,3)24-18-12-13-23(15-17(18)14-22-24)20(26)11-7-10-19(25)16-8-5-4-6-9-16/h4-6,8-9,14H,7,10-13,15H2,1-3H3. The fourth-order valence-electron chi connectivity index (χ4n) is 3.45. The van der Waals surface area contributed by atoms with Crippen LogP contribution in [0.3, 0.4) is 0 Å². The van der Waals surface area contributed by atoms with Crippen LogP contribution in [0.15, 0.2) is 36.5 Å². The summed E-state index contributed by atoms with van der Waals surface area (Å²) in [5.41, 5.74) is 3.05. The first-order chi connectivity index (χ1) is 12.4. The highest BCUT2D eigenvalue weighted by Gasteiger charge is 2.27. The van der Waals surface area contributed by atoms with Crippen molar-refractivity contribution in [3.8, 4) is 0 Å². The second-order valence-corrected chi connectivity index (χ2v) is 7.91. The number of hydrogen-bond acceptors (Lipinski definition) is 3. The van der Waals surface area contributed by atoms with Crippen molar-refractivity contribution in [3.05, 3.63) is 53.3 Å². The molecule has 138 valence electrons. The van der Waals surface area contributed by atoms with Crippen LogP contribution in [0.5, 0.6) is 0 Å². The molecular weight excluding hydrogens is 326 g/mol. The molecule has 0 unspecified atom stereocenters. The molecule has 0 bridgehead atoms. The van der Waals surface area contributed by atoms with Crippen molar-refractivity contribution in [3.63, 3.8) is 0 Å². The lowest BCUT2D eigenvalue weighted by molar-refractivity contribution is -0.132. The number of hydrogen-bond donors (Lipinski definition) is 0. The van der Waals surface area contributed by atoms with Gasteiger partial charge in [0.2, 0.25) is 5.91 Å². The Hall–Kier alpha value is -2.43. The SMILES string of the molecule is CC(C)(C)n1ncc2c1CCN(C(=O)CCCC(=O)c1ccccc1)C2. The third kappa shape index (κ3) is 4.03. The second kappa shape index (κ2) is 7.44. The van der Waals surface area contributed by atoms with Gasteiger partial charge < -0.3 is 4.90 Å². The van der Waals surface area contributed by atoms with E-state index in [1.54, 1.807) is 0 Å². The number of amides is 1. The van der Waals surface area contributed by atoms with Gasteiger partial charge in [0, 0.05) is 49.2 Å². The number of ketones is 1. The van der Waals surface area contributed by atoms with Crippen molar-refractivity contribution in [1.29, 1.82) is 0 Å². The summed E-state index contributed by atoms with van der Waals surface area (Å²) in [5, 5.41) is 4.52. The largest absolute Gasteiger partial charge is 0.338 e. The van der Waals surface area contributed by atoms with E-state index >= 15 is 0 Å². The Kier molecular flexibility index (Phi) is 5.25. The molecule has 0 spiro atoms. The zero-order valence-corrected chi connectivity index (χ0v) is 15.9. The average Bonchev–Trinajstić information content (AvgIpc) is 3.05. The van der Waals surface area contributed by atoms with Gasteiger partial charge in [0.15, 0.2) is 5.78 Å².